The van der Waals surface area contributed by atoms with Crippen LogP contribution in [-0.2, 0) is 4.74 Å². The lowest BCUT2D eigenvalue weighted by molar-refractivity contribution is 0.108. The van der Waals surface area contributed by atoms with Gasteiger partial charge in [0, 0.05) is 30.8 Å². The van der Waals surface area contributed by atoms with Crippen LogP contribution in [0.4, 0.5) is 11.4 Å². The summed E-state index contributed by atoms with van der Waals surface area (Å²) in [4.78, 5) is 0. The Balaban J connectivity index is 1.96. The molecule has 1 aromatic carbocycles. The molecule has 1 aliphatic heterocycles. The van der Waals surface area contributed by atoms with Crippen molar-refractivity contribution in [1.82, 2.24) is 0 Å². The van der Waals surface area contributed by atoms with Gasteiger partial charge in [-0.15, -0.1) is 0 Å². The molecule has 2 unspecified atom stereocenters. The van der Waals surface area contributed by atoms with Crippen molar-refractivity contribution in [3.05, 3.63) is 18.2 Å². The number of benzene rings is 1. The van der Waals surface area contributed by atoms with Crippen molar-refractivity contribution in [2.24, 2.45) is 5.92 Å². The Labute approximate surface area is 115 Å². The zero-order valence-electron chi connectivity index (χ0n) is 12.0. The monoisotopic (exact) mass is 264 g/mol. The van der Waals surface area contributed by atoms with Crippen LogP contribution >= 0.6 is 0 Å². The lowest BCUT2D eigenvalue weighted by Crippen LogP contribution is -2.20. The molecule has 19 heavy (non-hydrogen) atoms. The number of anilines is 2. The summed E-state index contributed by atoms with van der Waals surface area (Å²) in [6.07, 6.45) is 1.59. The molecule has 0 radical (unpaired) electrons. The predicted octanol–water partition coefficient (Wildman–Crippen LogP) is 2.89. The number of nitrogen functional groups attached to an aromatic ring is 1. The van der Waals surface area contributed by atoms with E-state index in [0.717, 1.165) is 31.0 Å². The fourth-order valence-corrected chi connectivity index (χ4v) is 2.29. The van der Waals surface area contributed by atoms with Crippen LogP contribution in [0.25, 0.3) is 0 Å². The van der Waals surface area contributed by atoms with Crippen LogP contribution in [0.5, 0.6) is 5.75 Å². The van der Waals surface area contributed by atoms with E-state index in [1.807, 2.05) is 32.0 Å². The van der Waals surface area contributed by atoms with Gasteiger partial charge in [0.2, 0.25) is 0 Å². The Morgan fingerprint density at radius 2 is 2.26 bits per heavy atom. The van der Waals surface area contributed by atoms with E-state index in [0.29, 0.717) is 17.7 Å². The quantitative estimate of drug-likeness (QED) is 0.803. The maximum absolute atomic E-state index is 5.91. The maximum atomic E-state index is 5.91. The average molecular weight is 264 g/mol. The second kappa shape index (κ2) is 6.15. The van der Waals surface area contributed by atoms with Gasteiger partial charge < -0.3 is 20.5 Å². The second-order valence-electron chi connectivity index (χ2n) is 5.42. The average Bonchev–Trinajstić information content (AvgIpc) is 2.75. The van der Waals surface area contributed by atoms with E-state index in [1.165, 1.54) is 0 Å². The molecule has 4 heteroatoms. The summed E-state index contributed by atoms with van der Waals surface area (Å²) >= 11 is 0. The third kappa shape index (κ3) is 3.77. The molecule has 1 heterocycles. The fraction of sp³-hybridized carbons (Fsp3) is 0.600. The van der Waals surface area contributed by atoms with E-state index in [-0.39, 0.29) is 6.10 Å². The molecule has 0 amide bonds. The number of ether oxygens (including phenoxy) is 2. The Morgan fingerprint density at radius 3 is 2.89 bits per heavy atom. The summed E-state index contributed by atoms with van der Waals surface area (Å²) in [7, 11) is 0. The number of nitrogens with one attached hydrogen (secondary N) is 1. The summed E-state index contributed by atoms with van der Waals surface area (Å²) in [5.74, 6) is 1.32. The summed E-state index contributed by atoms with van der Waals surface area (Å²) in [5, 5.41) is 3.44. The first-order valence-corrected chi connectivity index (χ1v) is 6.98. The van der Waals surface area contributed by atoms with Crippen molar-refractivity contribution in [3.63, 3.8) is 0 Å². The van der Waals surface area contributed by atoms with Crippen LogP contribution in [0.15, 0.2) is 18.2 Å². The molecule has 0 saturated carbocycles. The Hall–Kier alpha value is -1.42. The van der Waals surface area contributed by atoms with E-state index < -0.39 is 0 Å². The summed E-state index contributed by atoms with van der Waals surface area (Å²) in [5.41, 5.74) is 7.63. The van der Waals surface area contributed by atoms with E-state index in [2.05, 4.69) is 12.2 Å². The molecule has 1 aromatic rings. The largest absolute Gasteiger partial charge is 0.489 e. The van der Waals surface area contributed by atoms with Gasteiger partial charge in [-0.05, 0) is 39.3 Å². The third-order valence-electron chi connectivity index (χ3n) is 3.48. The predicted molar refractivity (Wildman–Crippen MR) is 78.6 cm³/mol. The fourth-order valence-electron chi connectivity index (χ4n) is 2.29. The summed E-state index contributed by atoms with van der Waals surface area (Å²) < 4.78 is 11.3. The SMILES string of the molecule is CC(C)Oc1cc(NCC2CCOC2C)ccc1N. The Kier molecular flexibility index (Phi) is 4.53. The molecule has 4 nitrogen and oxygen atoms in total. The molecule has 2 rings (SSSR count). The maximum Gasteiger partial charge on any atom is 0.144 e. The van der Waals surface area contributed by atoms with Gasteiger partial charge in [-0.25, -0.2) is 0 Å². The standard InChI is InChI=1S/C15H24N2O2/c1-10(2)19-15-8-13(4-5-14(15)16)17-9-12-6-7-18-11(12)3/h4-5,8,10-12,17H,6-7,9,16H2,1-3H3. The van der Waals surface area contributed by atoms with Crippen LogP contribution < -0.4 is 15.8 Å². The molecule has 0 aromatic heterocycles. The van der Waals surface area contributed by atoms with E-state index in [1.54, 1.807) is 0 Å². The van der Waals surface area contributed by atoms with Crippen LogP contribution in [-0.4, -0.2) is 25.4 Å². The highest BCUT2D eigenvalue weighted by Gasteiger charge is 2.23. The van der Waals surface area contributed by atoms with Crippen molar-refractivity contribution in [2.75, 3.05) is 24.2 Å². The zero-order chi connectivity index (χ0) is 13.8. The van der Waals surface area contributed by atoms with Gasteiger partial charge in [0.25, 0.3) is 0 Å². The molecule has 0 aliphatic carbocycles. The molecule has 3 N–H and O–H groups in total. The van der Waals surface area contributed by atoms with Gasteiger partial charge >= 0.3 is 0 Å². The molecule has 1 fully saturated rings. The number of hydrogen-bond donors (Lipinski definition) is 2. The normalized spacial score (nSPS) is 22.7. The van der Waals surface area contributed by atoms with Crippen molar-refractivity contribution < 1.29 is 9.47 Å². The first-order valence-electron chi connectivity index (χ1n) is 6.98. The van der Waals surface area contributed by atoms with E-state index in [9.17, 15) is 0 Å². The molecular weight excluding hydrogens is 240 g/mol. The Morgan fingerprint density at radius 1 is 1.47 bits per heavy atom. The van der Waals surface area contributed by atoms with E-state index >= 15 is 0 Å². The molecule has 1 saturated heterocycles. The lowest BCUT2D eigenvalue weighted by Gasteiger charge is -2.17. The minimum atomic E-state index is 0.126. The molecule has 0 bridgehead atoms. The van der Waals surface area contributed by atoms with E-state index in [4.69, 9.17) is 15.2 Å². The molecule has 0 spiro atoms. The molecule has 2 atom stereocenters. The molecule has 1 aliphatic rings. The minimum Gasteiger partial charge on any atom is -0.489 e. The van der Waals surface area contributed by atoms with Gasteiger partial charge in [0.15, 0.2) is 0 Å². The summed E-state index contributed by atoms with van der Waals surface area (Å²) in [6, 6.07) is 5.84. The molecular formula is C15H24N2O2. The van der Waals surface area contributed by atoms with Gasteiger partial charge in [0.05, 0.1) is 17.9 Å². The first kappa shape index (κ1) is 14.0. The summed E-state index contributed by atoms with van der Waals surface area (Å²) in [6.45, 7) is 7.92. The van der Waals surface area contributed by atoms with Crippen molar-refractivity contribution in [1.29, 1.82) is 0 Å². The highest BCUT2D eigenvalue weighted by molar-refractivity contribution is 5.61. The minimum absolute atomic E-state index is 0.126. The smallest absolute Gasteiger partial charge is 0.144 e. The number of rotatable bonds is 5. The number of nitrogens with two attached hydrogens (primary N) is 1. The highest BCUT2D eigenvalue weighted by Crippen LogP contribution is 2.27. The zero-order valence-corrected chi connectivity index (χ0v) is 12.0. The molecule has 106 valence electrons. The highest BCUT2D eigenvalue weighted by atomic mass is 16.5. The van der Waals surface area contributed by atoms with Crippen LogP contribution in [0.2, 0.25) is 0 Å². The van der Waals surface area contributed by atoms with Crippen molar-refractivity contribution in [3.8, 4) is 5.75 Å². The Bertz CT molecular complexity index is 421. The van der Waals surface area contributed by atoms with Gasteiger partial charge in [-0.1, -0.05) is 0 Å². The van der Waals surface area contributed by atoms with Crippen LogP contribution in [0, 0.1) is 5.92 Å². The first-order chi connectivity index (χ1) is 9.06. The van der Waals surface area contributed by atoms with Crippen LogP contribution in [0.3, 0.4) is 0 Å². The van der Waals surface area contributed by atoms with Gasteiger partial charge in [-0.3, -0.25) is 0 Å². The second-order valence-corrected chi connectivity index (χ2v) is 5.42. The van der Waals surface area contributed by atoms with Gasteiger partial charge in [-0.2, -0.15) is 0 Å². The van der Waals surface area contributed by atoms with Gasteiger partial charge in [0.1, 0.15) is 5.75 Å². The van der Waals surface area contributed by atoms with Crippen molar-refractivity contribution >= 4 is 11.4 Å². The topological polar surface area (TPSA) is 56.5 Å². The number of hydrogen-bond acceptors (Lipinski definition) is 4. The third-order valence-corrected chi connectivity index (χ3v) is 3.48. The van der Waals surface area contributed by atoms with Crippen molar-refractivity contribution in [2.45, 2.75) is 39.4 Å². The van der Waals surface area contributed by atoms with Crippen LogP contribution in [0.1, 0.15) is 27.2 Å². The lowest BCUT2D eigenvalue weighted by atomic mass is 10.0.